The average Bonchev–Trinajstić information content (AvgIpc) is 2.48. The lowest BCUT2D eigenvalue weighted by Crippen LogP contribution is -1.94. The molecule has 0 heterocycles. The topological polar surface area (TPSA) is 43.1 Å². The second-order valence-electron chi connectivity index (χ2n) is 3.98. The van der Waals surface area contributed by atoms with Gasteiger partial charge < -0.3 is 0 Å². The van der Waals surface area contributed by atoms with Gasteiger partial charge in [-0.05, 0) is 24.3 Å². The first-order valence-corrected chi connectivity index (χ1v) is 8.10. The molecule has 0 saturated carbocycles. The third-order valence-electron chi connectivity index (χ3n) is 2.55. The van der Waals surface area contributed by atoms with Crippen LogP contribution in [0.3, 0.4) is 0 Å². The molecule has 0 amide bonds. The SMILES string of the molecule is O=[N+]([O-])c1ccccc1CSC(=S)Sc1ccc(F)cc1. The van der Waals surface area contributed by atoms with Crippen LogP contribution < -0.4 is 0 Å². The monoisotopic (exact) mass is 339 g/mol. The molecule has 2 rings (SSSR count). The number of hydrogen-bond acceptors (Lipinski definition) is 5. The van der Waals surface area contributed by atoms with Gasteiger partial charge in [0.2, 0.25) is 0 Å². The lowest BCUT2D eigenvalue weighted by atomic mass is 10.2. The van der Waals surface area contributed by atoms with Crippen molar-refractivity contribution in [2.24, 2.45) is 0 Å². The number of halogens is 1. The highest BCUT2D eigenvalue weighted by Gasteiger charge is 2.13. The van der Waals surface area contributed by atoms with Crippen LogP contribution in [0.5, 0.6) is 0 Å². The van der Waals surface area contributed by atoms with Crippen LogP contribution in [0.25, 0.3) is 0 Å². The van der Waals surface area contributed by atoms with Gasteiger partial charge in [0.1, 0.15) is 9.35 Å². The number of thioether (sulfide) groups is 2. The second-order valence-corrected chi connectivity index (χ2v) is 7.23. The van der Waals surface area contributed by atoms with Crippen LogP contribution in [0, 0.1) is 15.9 Å². The van der Waals surface area contributed by atoms with Crippen molar-refractivity contribution < 1.29 is 9.31 Å². The largest absolute Gasteiger partial charge is 0.273 e. The van der Waals surface area contributed by atoms with Gasteiger partial charge in [0.25, 0.3) is 5.69 Å². The van der Waals surface area contributed by atoms with E-state index in [4.69, 9.17) is 12.2 Å². The summed E-state index contributed by atoms with van der Waals surface area (Å²) in [6, 6.07) is 12.6. The van der Waals surface area contributed by atoms with Crippen molar-refractivity contribution in [3.05, 3.63) is 70.0 Å². The normalized spacial score (nSPS) is 10.3. The minimum Gasteiger partial charge on any atom is -0.258 e. The lowest BCUT2D eigenvalue weighted by Gasteiger charge is -2.04. The Labute approximate surface area is 135 Å². The number of hydrogen-bond donors (Lipinski definition) is 0. The van der Waals surface area contributed by atoms with Gasteiger partial charge in [0, 0.05) is 22.3 Å². The summed E-state index contributed by atoms with van der Waals surface area (Å²) < 4.78 is 13.4. The van der Waals surface area contributed by atoms with Gasteiger partial charge in [-0.3, -0.25) is 10.1 Å². The Bertz CT molecular complexity index is 662. The summed E-state index contributed by atoms with van der Waals surface area (Å²) in [6.45, 7) is 0. The van der Waals surface area contributed by atoms with Crippen LogP contribution >= 0.6 is 35.7 Å². The van der Waals surface area contributed by atoms with Crippen LogP contribution in [-0.4, -0.2) is 8.45 Å². The molecule has 0 aromatic heterocycles. The van der Waals surface area contributed by atoms with Gasteiger partial charge in [-0.15, -0.1) is 11.8 Å². The molecule has 0 saturated heterocycles. The van der Waals surface area contributed by atoms with E-state index < -0.39 is 4.92 Å². The summed E-state index contributed by atoms with van der Waals surface area (Å²) in [4.78, 5) is 11.4. The Hall–Kier alpha value is -1.44. The molecule has 0 radical (unpaired) electrons. The molecule has 0 aliphatic carbocycles. The molecule has 0 aliphatic heterocycles. The molecular formula is C14H10FNO2S3. The van der Waals surface area contributed by atoms with Crippen molar-refractivity contribution in [2.45, 2.75) is 10.6 Å². The molecule has 0 atom stereocenters. The number of nitro groups is 1. The van der Waals surface area contributed by atoms with Gasteiger partial charge in [-0.25, -0.2) is 4.39 Å². The van der Waals surface area contributed by atoms with E-state index in [9.17, 15) is 14.5 Å². The molecule has 21 heavy (non-hydrogen) atoms. The third kappa shape index (κ3) is 4.80. The summed E-state index contributed by atoms with van der Waals surface area (Å²) in [5.41, 5.74) is 0.731. The van der Waals surface area contributed by atoms with E-state index in [1.54, 1.807) is 30.3 Å². The van der Waals surface area contributed by atoms with Gasteiger partial charge in [-0.1, -0.05) is 42.2 Å². The maximum Gasteiger partial charge on any atom is 0.273 e. The van der Waals surface area contributed by atoms with Crippen LogP contribution in [0.15, 0.2) is 53.4 Å². The molecule has 0 N–H and O–H groups in total. The Kier molecular flexibility index (Phi) is 5.72. The first-order chi connectivity index (χ1) is 10.1. The maximum absolute atomic E-state index is 12.8. The van der Waals surface area contributed by atoms with Crippen molar-refractivity contribution in [3.63, 3.8) is 0 Å². The summed E-state index contributed by atoms with van der Waals surface area (Å²) >= 11 is 7.94. The number of nitro benzene ring substituents is 1. The highest BCUT2D eigenvalue weighted by molar-refractivity contribution is 8.46. The number of para-hydroxylation sites is 1. The molecule has 0 bridgehead atoms. The van der Waals surface area contributed by atoms with Crippen LogP contribution in [-0.2, 0) is 5.75 Å². The molecule has 3 nitrogen and oxygen atoms in total. The predicted octanol–water partition coefficient (Wildman–Crippen LogP) is 5.04. The summed E-state index contributed by atoms with van der Waals surface area (Å²) in [5, 5.41) is 10.9. The zero-order valence-electron chi connectivity index (χ0n) is 10.7. The fourth-order valence-corrected chi connectivity index (χ4v) is 3.72. The van der Waals surface area contributed by atoms with E-state index in [1.165, 1.54) is 41.7 Å². The van der Waals surface area contributed by atoms with Crippen molar-refractivity contribution in [3.8, 4) is 0 Å². The average molecular weight is 339 g/mol. The smallest absolute Gasteiger partial charge is 0.258 e. The van der Waals surface area contributed by atoms with Crippen molar-refractivity contribution in [1.82, 2.24) is 0 Å². The quantitative estimate of drug-likeness (QED) is 0.338. The fourth-order valence-electron chi connectivity index (χ4n) is 1.58. The maximum atomic E-state index is 12.8. The number of benzene rings is 2. The van der Waals surface area contributed by atoms with Crippen molar-refractivity contribution in [2.75, 3.05) is 0 Å². The summed E-state index contributed by atoms with van der Waals surface area (Å²) in [5.74, 6) is 0.141. The first kappa shape index (κ1) is 15.9. The molecule has 0 spiro atoms. The van der Waals surface area contributed by atoms with E-state index in [0.29, 0.717) is 14.8 Å². The first-order valence-electron chi connectivity index (χ1n) is 5.89. The second kappa shape index (κ2) is 7.53. The zero-order valence-corrected chi connectivity index (χ0v) is 13.1. The van der Waals surface area contributed by atoms with E-state index in [2.05, 4.69) is 0 Å². The molecule has 2 aromatic rings. The van der Waals surface area contributed by atoms with E-state index in [-0.39, 0.29) is 11.5 Å². The molecule has 0 aliphatic rings. The third-order valence-corrected chi connectivity index (χ3v) is 5.12. The lowest BCUT2D eigenvalue weighted by molar-refractivity contribution is -0.385. The highest BCUT2D eigenvalue weighted by atomic mass is 32.2. The predicted molar refractivity (Wildman–Crippen MR) is 89.2 cm³/mol. The zero-order chi connectivity index (χ0) is 15.2. The molecular weight excluding hydrogens is 329 g/mol. The summed E-state index contributed by atoms with van der Waals surface area (Å²) in [6.07, 6.45) is 0. The minimum absolute atomic E-state index is 0.0968. The van der Waals surface area contributed by atoms with E-state index in [1.807, 2.05) is 0 Å². The minimum atomic E-state index is -0.397. The van der Waals surface area contributed by atoms with Gasteiger partial charge in [0.05, 0.1) is 4.92 Å². The number of nitrogens with zero attached hydrogens (tertiary/aromatic N) is 1. The Balaban J connectivity index is 1.95. The van der Waals surface area contributed by atoms with E-state index in [0.717, 1.165) is 4.90 Å². The van der Waals surface area contributed by atoms with Crippen molar-refractivity contribution >= 4 is 45.0 Å². The highest BCUT2D eigenvalue weighted by Crippen LogP contribution is 2.30. The van der Waals surface area contributed by atoms with Crippen molar-refractivity contribution in [1.29, 1.82) is 0 Å². The van der Waals surface area contributed by atoms with E-state index >= 15 is 0 Å². The number of rotatable bonds is 4. The van der Waals surface area contributed by atoms with Gasteiger partial charge in [0.15, 0.2) is 0 Å². The van der Waals surface area contributed by atoms with Crippen LogP contribution in [0.4, 0.5) is 10.1 Å². The van der Waals surface area contributed by atoms with Gasteiger partial charge in [-0.2, -0.15) is 0 Å². The molecule has 2 aromatic carbocycles. The van der Waals surface area contributed by atoms with Crippen LogP contribution in [0.2, 0.25) is 0 Å². The van der Waals surface area contributed by atoms with Crippen LogP contribution in [0.1, 0.15) is 5.56 Å². The summed E-state index contributed by atoms with van der Waals surface area (Å²) in [7, 11) is 0. The molecule has 108 valence electrons. The Morgan fingerprint density at radius 3 is 2.52 bits per heavy atom. The Morgan fingerprint density at radius 2 is 1.86 bits per heavy atom. The fraction of sp³-hybridized carbons (Fsp3) is 0.0714. The molecule has 7 heteroatoms. The molecule has 0 fully saturated rings. The number of thiocarbonyl (C=S) groups is 1. The molecule has 0 unspecified atom stereocenters. The van der Waals surface area contributed by atoms with Gasteiger partial charge >= 0.3 is 0 Å². The Morgan fingerprint density at radius 1 is 1.19 bits per heavy atom. The standard InChI is InChI=1S/C14H10FNO2S3/c15-11-5-7-12(8-6-11)21-14(19)20-9-10-3-1-2-4-13(10)16(17)18/h1-8H,9H2.